The highest BCUT2D eigenvalue weighted by atomic mass is 32.2. The summed E-state index contributed by atoms with van der Waals surface area (Å²) in [5.74, 6) is -0.833. The number of carbonyl (C=O) groups excluding carboxylic acids is 3. The number of aromatic hydroxyl groups is 1. The van der Waals surface area contributed by atoms with Gasteiger partial charge in [0.1, 0.15) is 11.8 Å². The maximum Gasteiger partial charge on any atom is 0.254 e. The molecule has 0 bridgehead atoms. The third-order valence-corrected chi connectivity index (χ3v) is 8.42. The van der Waals surface area contributed by atoms with Crippen LogP contribution in [0.1, 0.15) is 39.5 Å². The van der Waals surface area contributed by atoms with Gasteiger partial charge >= 0.3 is 0 Å². The number of phenols is 1. The van der Waals surface area contributed by atoms with Gasteiger partial charge in [-0.3, -0.25) is 14.4 Å². The number of hydrogen-bond donors (Lipinski definition) is 5. The number of nitrogens with one attached hydrogen (secondary N) is 2. The van der Waals surface area contributed by atoms with Crippen molar-refractivity contribution in [1.82, 2.24) is 15.5 Å². The highest BCUT2D eigenvalue weighted by Crippen LogP contribution is 2.25. The standard InChI is InChI=1S/C31H36N4O5S/c1-3-22-23(12-8-14-27(22)36)29(38)34-25(15-20-9-5-4-6-10-20)28(37)31(40)35-18-41-17-26(35)30(39)33-16-21-11-7-13-24(32)19(21)2/h4-14,25-26,28,36-37H,3,15-18,32H2,1-2H3,(H,33,39)(H,34,38)/t25-,26-,28-/m0/s1. The Labute approximate surface area is 244 Å². The second kappa shape index (κ2) is 13.6. The van der Waals surface area contributed by atoms with Gasteiger partial charge in [0, 0.05) is 29.1 Å². The fraction of sp³-hybridized carbons (Fsp3) is 0.323. The summed E-state index contributed by atoms with van der Waals surface area (Å²) in [4.78, 5) is 41.5. The van der Waals surface area contributed by atoms with E-state index in [0.717, 1.165) is 16.7 Å². The van der Waals surface area contributed by atoms with E-state index in [1.165, 1.54) is 22.7 Å². The zero-order chi connectivity index (χ0) is 29.5. The summed E-state index contributed by atoms with van der Waals surface area (Å²) in [5.41, 5.74) is 9.96. The molecule has 0 spiro atoms. The maximum absolute atomic E-state index is 13.6. The molecular weight excluding hydrogens is 540 g/mol. The number of phenolic OH excluding ortho intramolecular Hbond substituents is 1. The molecule has 0 aromatic heterocycles. The molecule has 41 heavy (non-hydrogen) atoms. The Morgan fingerprint density at radius 2 is 1.80 bits per heavy atom. The predicted octanol–water partition coefficient (Wildman–Crippen LogP) is 2.77. The van der Waals surface area contributed by atoms with E-state index in [-0.39, 0.29) is 36.1 Å². The monoisotopic (exact) mass is 576 g/mol. The highest BCUT2D eigenvalue weighted by Gasteiger charge is 2.40. The van der Waals surface area contributed by atoms with Crippen LogP contribution in [0.5, 0.6) is 5.75 Å². The lowest BCUT2D eigenvalue weighted by Crippen LogP contribution is -2.56. The first kappa shape index (κ1) is 30.0. The van der Waals surface area contributed by atoms with Crippen molar-refractivity contribution in [3.8, 4) is 5.75 Å². The number of anilines is 1. The Morgan fingerprint density at radius 1 is 1.07 bits per heavy atom. The molecule has 1 heterocycles. The van der Waals surface area contributed by atoms with Crippen molar-refractivity contribution in [2.75, 3.05) is 17.4 Å². The molecule has 3 aromatic rings. The van der Waals surface area contributed by atoms with E-state index < -0.39 is 30.0 Å². The van der Waals surface area contributed by atoms with Crippen LogP contribution in [0.15, 0.2) is 66.7 Å². The predicted molar refractivity (Wildman–Crippen MR) is 160 cm³/mol. The van der Waals surface area contributed by atoms with Crippen LogP contribution in [-0.4, -0.2) is 62.7 Å². The minimum atomic E-state index is -1.60. The van der Waals surface area contributed by atoms with E-state index in [2.05, 4.69) is 10.6 Å². The Morgan fingerprint density at radius 3 is 2.54 bits per heavy atom. The lowest BCUT2D eigenvalue weighted by atomic mass is 9.98. The van der Waals surface area contributed by atoms with Crippen molar-refractivity contribution >= 4 is 35.2 Å². The van der Waals surface area contributed by atoms with Crippen LogP contribution in [0.3, 0.4) is 0 Å². The summed E-state index contributed by atoms with van der Waals surface area (Å²) in [7, 11) is 0. The highest BCUT2D eigenvalue weighted by molar-refractivity contribution is 7.99. The van der Waals surface area contributed by atoms with Crippen LogP contribution in [0.25, 0.3) is 0 Å². The maximum atomic E-state index is 13.6. The van der Waals surface area contributed by atoms with Gasteiger partial charge in [-0.05, 0) is 54.7 Å². The van der Waals surface area contributed by atoms with E-state index in [1.54, 1.807) is 18.2 Å². The third kappa shape index (κ3) is 7.01. The SMILES string of the molecule is CCc1c(O)cccc1C(=O)N[C@@H](Cc1ccccc1)[C@H](O)C(=O)N1CSC[C@H]1C(=O)NCc1cccc(N)c1C. The van der Waals surface area contributed by atoms with Crippen molar-refractivity contribution in [3.63, 3.8) is 0 Å². The summed E-state index contributed by atoms with van der Waals surface area (Å²) in [6.45, 7) is 3.98. The van der Waals surface area contributed by atoms with Gasteiger partial charge in [-0.2, -0.15) is 0 Å². The Hall–Kier alpha value is -4.02. The minimum Gasteiger partial charge on any atom is -0.508 e. The number of thioether (sulfide) groups is 1. The second-order valence-electron chi connectivity index (χ2n) is 10.0. The third-order valence-electron chi connectivity index (χ3n) is 7.41. The molecule has 1 aliphatic heterocycles. The molecular formula is C31H36N4O5S. The lowest BCUT2D eigenvalue weighted by Gasteiger charge is -2.30. The number of benzene rings is 3. The van der Waals surface area contributed by atoms with Crippen LogP contribution in [0.4, 0.5) is 5.69 Å². The van der Waals surface area contributed by atoms with E-state index in [0.29, 0.717) is 23.4 Å². The first-order valence-corrected chi connectivity index (χ1v) is 14.7. The van der Waals surface area contributed by atoms with E-state index in [9.17, 15) is 24.6 Å². The summed E-state index contributed by atoms with van der Waals surface area (Å²) in [6.07, 6.45) is -0.990. The quantitative estimate of drug-likeness (QED) is 0.233. The summed E-state index contributed by atoms with van der Waals surface area (Å²) < 4.78 is 0. The lowest BCUT2D eigenvalue weighted by molar-refractivity contribution is -0.146. The van der Waals surface area contributed by atoms with Crippen LogP contribution in [-0.2, 0) is 29.0 Å². The summed E-state index contributed by atoms with van der Waals surface area (Å²) in [5, 5.41) is 27.3. The smallest absolute Gasteiger partial charge is 0.254 e. The van der Waals surface area contributed by atoms with Gasteiger partial charge in [-0.25, -0.2) is 0 Å². The number of rotatable bonds is 10. The Balaban J connectivity index is 1.51. The molecule has 6 N–H and O–H groups in total. The van der Waals surface area contributed by atoms with E-state index in [1.807, 2.05) is 56.3 Å². The number of aliphatic hydroxyl groups is 1. The summed E-state index contributed by atoms with van der Waals surface area (Å²) >= 11 is 1.42. The Kier molecular flexibility index (Phi) is 9.91. The first-order chi connectivity index (χ1) is 19.7. The van der Waals surface area contributed by atoms with Crippen molar-refractivity contribution < 1.29 is 24.6 Å². The molecule has 1 saturated heterocycles. The fourth-order valence-electron chi connectivity index (χ4n) is 4.93. The van der Waals surface area contributed by atoms with Crippen LogP contribution < -0.4 is 16.4 Å². The number of hydrogen-bond acceptors (Lipinski definition) is 7. The Bertz CT molecular complexity index is 1400. The van der Waals surface area contributed by atoms with Crippen molar-refractivity contribution in [2.45, 2.75) is 51.4 Å². The van der Waals surface area contributed by atoms with Gasteiger partial charge in [0.25, 0.3) is 11.8 Å². The van der Waals surface area contributed by atoms with Gasteiger partial charge in [0.15, 0.2) is 6.10 Å². The molecule has 10 heteroatoms. The topological polar surface area (TPSA) is 145 Å². The molecule has 1 aliphatic rings. The van der Waals surface area contributed by atoms with Crippen LogP contribution in [0, 0.1) is 6.92 Å². The first-order valence-electron chi connectivity index (χ1n) is 13.5. The van der Waals surface area contributed by atoms with Gasteiger partial charge in [0.2, 0.25) is 5.91 Å². The molecule has 9 nitrogen and oxygen atoms in total. The molecule has 0 saturated carbocycles. The van der Waals surface area contributed by atoms with E-state index >= 15 is 0 Å². The molecule has 216 valence electrons. The average Bonchev–Trinajstić information content (AvgIpc) is 3.47. The average molecular weight is 577 g/mol. The van der Waals surface area contributed by atoms with Crippen LogP contribution in [0.2, 0.25) is 0 Å². The molecule has 4 rings (SSSR count). The molecule has 3 atom stereocenters. The van der Waals surface area contributed by atoms with Gasteiger partial charge in [-0.1, -0.05) is 55.5 Å². The van der Waals surface area contributed by atoms with Crippen molar-refractivity contribution in [2.24, 2.45) is 0 Å². The number of amides is 3. The van der Waals surface area contributed by atoms with Gasteiger partial charge in [-0.15, -0.1) is 11.8 Å². The van der Waals surface area contributed by atoms with Crippen molar-refractivity contribution in [3.05, 3.63) is 94.5 Å². The summed E-state index contributed by atoms with van der Waals surface area (Å²) in [6, 6.07) is 17.7. The number of carbonyl (C=O) groups is 3. The number of aliphatic hydroxyl groups excluding tert-OH is 1. The molecule has 0 aliphatic carbocycles. The van der Waals surface area contributed by atoms with Crippen molar-refractivity contribution in [1.29, 1.82) is 0 Å². The molecule has 1 fully saturated rings. The number of nitrogens with two attached hydrogens (primary N) is 1. The minimum absolute atomic E-state index is 0.00714. The number of nitrogens with zero attached hydrogens (tertiary/aromatic N) is 1. The van der Waals surface area contributed by atoms with Gasteiger partial charge in [0.05, 0.1) is 11.9 Å². The largest absolute Gasteiger partial charge is 0.508 e. The number of nitrogen functional groups attached to an aromatic ring is 1. The zero-order valence-electron chi connectivity index (χ0n) is 23.2. The van der Waals surface area contributed by atoms with Crippen LogP contribution >= 0.6 is 11.8 Å². The molecule has 3 aromatic carbocycles. The second-order valence-corrected chi connectivity index (χ2v) is 11.0. The molecule has 0 radical (unpaired) electrons. The molecule has 0 unspecified atom stereocenters. The fourth-order valence-corrected chi connectivity index (χ4v) is 6.09. The molecule has 3 amide bonds. The van der Waals surface area contributed by atoms with Gasteiger partial charge < -0.3 is 31.5 Å². The van der Waals surface area contributed by atoms with E-state index in [4.69, 9.17) is 5.73 Å². The zero-order valence-corrected chi connectivity index (χ0v) is 24.0. The normalized spacial score (nSPS) is 16.2.